The van der Waals surface area contributed by atoms with E-state index in [1.807, 2.05) is 0 Å². The zero-order chi connectivity index (χ0) is 19.6. The zero-order valence-corrected chi connectivity index (χ0v) is 15.4. The molecule has 0 fully saturated rings. The van der Waals surface area contributed by atoms with Gasteiger partial charge in [-0.2, -0.15) is 0 Å². The molecule has 6 nitrogen and oxygen atoms in total. The van der Waals surface area contributed by atoms with Crippen molar-refractivity contribution in [3.05, 3.63) is 69.5 Å². The Morgan fingerprint density at radius 3 is 2.74 bits per heavy atom. The summed E-state index contributed by atoms with van der Waals surface area (Å²) in [6, 6.07) is 7.42. The van der Waals surface area contributed by atoms with Crippen LogP contribution < -0.4 is 10.9 Å². The van der Waals surface area contributed by atoms with Crippen LogP contribution in [0.4, 0.5) is 10.1 Å². The van der Waals surface area contributed by atoms with Crippen LogP contribution in [0.1, 0.15) is 21.6 Å². The molecule has 1 N–H and O–H groups in total. The zero-order valence-electron chi connectivity index (χ0n) is 15.4. The minimum Gasteiger partial charge on any atom is -0.383 e. The van der Waals surface area contributed by atoms with E-state index < -0.39 is 5.91 Å². The Balaban J connectivity index is 2.00. The summed E-state index contributed by atoms with van der Waals surface area (Å²) in [6.07, 6.45) is 1.66. The second kappa shape index (κ2) is 7.67. The maximum absolute atomic E-state index is 13.2. The van der Waals surface area contributed by atoms with Gasteiger partial charge in [-0.25, -0.2) is 4.39 Å². The molecule has 0 aliphatic carbocycles. The normalized spacial score (nSPS) is 11.0. The molecule has 0 atom stereocenters. The van der Waals surface area contributed by atoms with E-state index in [1.54, 1.807) is 39.3 Å². The molecular weight excluding hydrogens is 349 g/mol. The highest BCUT2D eigenvalue weighted by Crippen LogP contribution is 2.19. The highest BCUT2D eigenvalue weighted by molar-refractivity contribution is 6.07. The van der Waals surface area contributed by atoms with Crippen LogP contribution in [-0.4, -0.2) is 29.2 Å². The molecule has 0 radical (unpaired) electrons. The van der Waals surface area contributed by atoms with Crippen molar-refractivity contribution < 1.29 is 13.9 Å². The maximum atomic E-state index is 13.2. The summed E-state index contributed by atoms with van der Waals surface area (Å²) < 4.78 is 19.8. The van der Waals surface area contributed by atoms with Gasteiger partial charge >= 0.3 is 0 Å². The molecule has 27 heavy (non-hydrogen) atoms. The lowest BCUT2D eigenvalue weighted by Gasteiger charge is -2.12. The quantitative estimate of drug-likeness (QED) is 0.750. The van der Waals surface area contributed by atoms with E-state index in [0.29, 0.717) is 46.6 Å². The summed E-state index contributed by atoms with van der Waals surface area (Å²) in [7, 11) is 1.57. The van der Waals surface area contributed by atoms with Crippen molar-refractivity contribution in [3.63, 3.8) is 0 Å². The molecule has 7 heteroatoms. The topological polar surface area (TPSA) is 73.2 Å². The third kappa shape index (κ3) is 3.88. The Morgan fingerprint density at radius 2 is 2.04 bits per heavy atom. The number of anilines is 1. The predicted molar refractivity (Wildman–Crippen MR) is 102 cm³/mol. The molecule has 2 heterocycles. The molecule has 0 aliphatic rings. The first-order valence-electron chi connectivity index (χ1n) is 8.48. The Labute approximate surface area is 155 Å². The average Bonchev–Trinajstić information content (AvgIpc) is 2.63. The summed E-state index contributed by atoms with van der Waals surface area (Å²) in [5.74, 6) is -0.769. The highest BCUT2D eigenvalue weighted by Gasteiger charge is 2.15. The first kappa shape index (κ1) is 18.7. The van der Waals surface area contributed by atoms with Gasteiger partial charge in [0.1, 0.15) is 5.82 Å². The molecule has 0 saturated carbocycles. The fourth-order valence-corrected chi connectivity index (χ4v) is 2.86. The van der Waals surface area contributed by atoms with E-state index in [4.69, 9.17) is 4.74 Å². The third-order valence-electron chi connectivity index (χ3n) is 4.36. The smallest absolute Gasteiger partial charge is 0.260 e. The number of ether oxygens (including phenoxy) is 1. The van der Waals surface area contributed by atoms with Crippen LogP contribution in [0.3, 0.4) is 0 Å². The number of methoxy groups -OCH3 is 1. The predicted octanol–water partition coefficient (Wildman–Crippen LogP) is 3.05. The average molecular weight is 369 g/mol. The van der Waals surface area contributed by atoms with E-state index in [1.165, 1.54) is 22.8 Å². The van der Waals surface area contributed by atoms with Crippen molar-refractivity contribution in [1.82, 2.24) is 9.55 Å². The molecule has 0 saturated heterocycles. The fourth-order valence-electron chi connectivity index (χ4n) is 2.86. The fraction of sp³-hybridized carbons (Fsp3) is 0.250. The number of aromatic nitrogens is 2. The first-order valence-corrected chi connectivity index (χ1v) is 8.48. The number of carbonyl (C=O) groups excluding carboxylic acids is 1. The second-order valence-corrected chi connectivity index (χ2v) is 6.27. The molecule has 140 valence electrons. The van der Waals surface area contributed by atoms with Crippen LogP contribution in [0, 0.1) is 19.7 Å². The van der Waals surface area contributed by atoms with Gasteiger partial charge in [-0.3, -0.25) is 14.6 Å². The molecule has 0 bridgehead atoms. The van der Waals surface area contributed by atoms with Gasteiger partial charge in [0.05, 0.1) is 28.8 Å². The number of amides is 1. The van der Waals surface area contributed by atoms with E-state index in [-0.39, 0.29) is 11.4 Å². The molecule has 2 aromatic heterocycles. The molecule has 0 unspecified atom stereocenters. The number of halogens is 1. The van der Waals surface area contributed by atoms with Crippen molar-refractivity contribution in [2.45, 2.75) is 20.4 Å². The lowest BCUT2D eigenvalue weighted by Crippen LogP contribution is -2.23. The number of carbonyl (C=O) groups is 1. The van der Waals surface area contributed by atoms with Crippen molar-refractivity contribution in [2.24, 2.45) is 0 Å². The maximum Gasteiger partial charge on any atom is 0.260 e. The van der Waals surface area contributed by atoms with Crippen LogP contribution in [0.15, 0.2) is 41.3 Å². The van der Waals surface area contributed by atoms with Gasteiger partial charge in [0, 0.05) is 25.5 Å². The summed E-state index contributed by atoms with van der Waals surface area (Å²) in [5.41, 5.74) is 2.22. The Bertz CT molecular complexity index is 1080. The largest absolute Gasteiger partial charge is 0.383 e. The SMILES string of the molecule is COCCn1ccc2nc(C)c(C(=O)Nc3ccc(F)cc3C)cc2c1=O. The van der Waals surface area contributed by atoms with Gasteiger partial charge in [-0.15, -0.1) is 0 Å². The molecule has 3 rings (SSSR count). The number of aryl methyl sites for hydroxylation is 2. The van der Waals surface area contributed by atoms with Gasteiger partial charge in [0.2, 0.25) is 0 Å². The molecule has 0 spiro atoms. The van der Waals surface area contributed by atoms with Crippen LogP contribution in [0.5, 0.6) is 0 Å². The molecule has 0 aliphatic heterocycles. The van der Waals surface area contributed by atoms with Crippen LogP contribution in [0.2, 0.25) is 0 Å². The first-order chi connectivity index (χ1) is 12.9. The van der Waals surface area contributed by atoms with E-state index in [0.717, 1.165) is 0 Å². The third-order valence-corrected chi connectivity index (χ3v) is 4.36. The minimum absolute atomic E-state index is 0.232. The lowest BCUT2D eigenvalue weighted by molar-refractivity contribution is 0.102. The summed E-state index contributed by atoms with van der Waals surface area (Å²) in [5, 5.41) is 3.11. The number of nitrogens with one attached hydrogen (secondary N) is 1. The standard InChI is InChI=1S/C20H20FN3O3/c1-12-10-14(21)4-5-17(12)23-19(25)15-11-16-18(22-13(15)2)6-7-24(20(16)26)8-9-27-3/h4-7,10-11H,8-9H2,1-3H3,(H,23,25). The van der Waals surface area contributed by atoms with E-state index in [9.17, 15) is 14.0 Å². The number of benzene rings is 1. The van der Waals surface area contributed by atoms with Crippen molar-refractivity contribution in [3.8, 4) is 0 Å². The Hall–Kier alpha value is -3.06. The number of fused-ring (bicyclic) bond motifs is 1. The van der Waals surface area contributed by atoms with Gasteiger partial charge in [0.15, 0.2) is 0 Å². The number of hydrogen-bond acceptors (Lipinski definition) is 4. The number of pyridine rings is 2. The van der Waals surface area contributed by atoms with Crippen LogP contribution in [-0.2, 0) is 11.3 Å². The van der Waals surface area contributed by atoms with Gasteiger partial charge in [-0.1, -0.05) is 0 Å². The summed E-state index contributed by atoms with van der Waals surface area (Å²) in [4.78, 5) is 29.8. The van der Waals surface area contributed by atoms with Crippen molar-refractivity contribution in [1.29, 1.82) is 0 Å². The lowest BCUT2D eigenvalue weighted by atomic mass is 10.1. The van der Waals surface area contributed by atoms with Crippen molar-refractivity contribution >= 4 is 22.5 Å². The van der Waals surface area contributed by atoms with E-state index in [2.05, 4.69) is 10.3 Å². The summed E-state index contributed by atoms with van der Waals surface area (Å²) >= 11 is 0. The molecule has 1 aromatic carbocycles. The van der Waals surface area contributed by atoms with Gasteiger partial charge < -0.3 is 14.6 Å². The Morgan fingerprint density at radius 1 is 1.26 bits per heavy atom. The number of rotatable bonds is 5. The minimum atomic E-state index is -0.400. The van der Waals surface area contributed by atoms with E-state index >= 15 is 0 Å². The highest BCUT2D eigenvalue weighted by atomic mass is 19.1. The number of nitrogens with zero attached hydrogens (tertiary/aromatic N) is 2. The molecule has 1 amide bonds. The Kier molecular flexibility index (Phi) is 5.32. The summed E-state index contributed by atoms with van der Waals surface area (Å²) in [6.45, 7) is 4.23. The van der Waals surface area contributed by atoms with Crippen LogP contribution >= 0.6 is 0 Å². The second-order valence-electron chi connectivity index (χ2n) is 6.27. The number of hydrogen-bond donors (Lipinski definition) is 1. The van der Waals surface area contributed by atoms with Gasteiger partial charge in [-0.05, 0) is 49.7 Å². The molecule has 3 aromatic rings. The van der Waals surface area contributed by atoms with Crippen LogP contribution in [0.25, 0.3) is 10.9 Å². The monoisotopic (exact) mass is 369 g/mol. The molecular formula is C20H20FN3O3. The van der Waals surface area contributed by atoms with Crippen molar-refractivity contribution in [2.75, 3.05) is 19.0 Å². The van der Waals surface area contributed by atoms with Gasteiger partial charge in [0.25, 0.3) is 11.5 Å².